The molecule has 0 amide bonds. The Morgan fingerprint density at radius 2 is 2.29 bits per heavy atom. The van der Waals surface area contributed by atoms with Gasteiger partial charge in [-0.05, 0) is 25.4 Å². The van der Waals surface area contributed by atoms with Gasteiger partial charge in [-0.3, -0.25) is 4.57 Å². The third-order valence-electron chi connectivity index (χ3n) is 1.59. The number of hydrogen-bond acceptors (Lipinski definition) is 4. The summed E-state index contributed by atoms with van der Waals surface area (Å²) in [5.41, 5.74) is 0.547. The van der Waals surface area contributed by atoms with Gasteiger partial charge in [0.1, 0.15) is 5.69 Å². The average molecular weight is 219 g/mol. The van der Waals surface area contributed by atoms with Gasteiger partial charge in [-0.25, -0.2) is 9.78 Å². The summed E-state index contributed by atoms with van der Waals surface area (Å²) >= 11 is 5.71. The van der Waals surface area contributed by atoms with E-state index in [0.717, 1.165) is 0 Å². The lowest BCUT2D eigenvalue weighted by Crippen LogP contribution is -2.12. The summed E-state index contributed by atoms with van der Waals surface area (Å²) < 4.78 is 11.0. The van der Waals surface area contributed by atoms with E-state index in [0.29, 0.717) is 11.6 Å². The lowest BCUT2D eigenvalue weighted by atomic mass is 10.5. The minimum absolute atomic E-state index is 0.266. The molecule has 5 nitrogen and oxygen atoms in total. The van der Waals surface area contributed by atoms with Gasteiger partial charge in [0.05, 0.1) is 6.61 Å². The summed E-state index contributed by atoms with van der Waals surface area (Å²) in [6, 6.07) is 0. The monoisotopic (exact) mass is 218 g/mol. The van der Waals surface area contributed by atoms with Gasteiger partial charge >= 0.3 is 6.16 Å². The fraction of sp³-hybridized carbons (Fsp3) is 0.500. The smallest absolute Gasteiger partial charge is 0.434 e. The number of halogens is 1. The van der Waals surface area contributed by atoms with Crippen LogP contribution in [0.4, 0.5) is 4.79 Å². The van der Waals surface area contributed by atoms with E-state index in [1.54, 1.807) is 20.9 Å². The zero-order valence-corrected chi connectivity index (χ0v) is 8.96. The van der Waals surface area contributed by atoms with Gasteiger partial charge in [-0.15, -0.1) is 0 Å². The third kappa shape index (κ3) is 2.17. The van der Waals surface area contributed by atoms with Crippen LogP contribution in [0.1, 0.15) is 12.6 Å². The summed E-state index contributed by atoms with van der Waals surface area (Å²) in [7, 11) is 1.65. The van der Waals surface area contributed by atoms with Gasteiger partial charge in [0.15, 0.2) is 0 Å². The predicted molar refractivity (Wildman–Crippen MR) is 50.6 cm³/mol. The van der Waals surface area contributed by atoms with Crippen LogP contribution in [0, 0.1) is 6.92 Å². The number of imidazole rings is 1. The van der Waals surface area contributed by atoms with Crippen molar-refractivity contribution in [2.45, 2.75) is 13.8 Å². The molecule has 14 heavy (non-hydrogen) atoms. The topological polar surface area (TPSA) is 53.4 Å². The molecule has 1 rings (SSSR count). The maximum absolute atomic E-state index is 11.0. The number of ether oxygens (including phenoxy) is 2. The van der Waals surface area contributed by atoms with E-state index in [9.17, 15) is 4.79 Å². The zero-order valence-electron chi connectivity index (χ0n) is 8.20. The SMILES string of the molecule is CCOC(=O)Oc1c(C)nc(Cl)n1C. The molecular formula is C8H11ClN2O3. The molecule has 0 atom stereocenters. The highest BCUT2D eigenvalue weighted by Gasteiger charge is 2.15. The Hall–Kier alpha value is -1.23. The molecule has 1 aromatic rings. The molecule has 1 aromatic heterocycles. The van der Waals surface area contributed by atoms with Crippen molar-refractivity contribution in [3.8, 4) is 5.88 Å². The molecule has 0 spiro atoms. The molecule has 0 fully saturated rings. The minimum Gasteiger partial charge on any atom is -0.434 e. The summed E-state index contributed by atoms with van der Waals surface area (Å²) in [4.78, 5) is 14.9. The van der Waals surface area contributed by atoms with Crippen LogP contribution in [0.2, 0.25) is 5.28 Å². The van der Waals surface area contributed by atoms with E-state index in [2.05, 4.69) is 9.72 Å². The zero-order chi connectivity index (χ0) is 10.7. The molecule has 0 unspecified atom stereocenters. The van der Waals surface area contributed by atoms with Crippen molar-refractivity contribution in [3.63, 3.8) is 0 Å². The van der Waals surface area contributed by atoms with E-state index < -0.39 is 6.16 Å². The van der Waals surface area contributed by atoms with Crippen molar-refractivity contribution in [2.75, 3.05) is 6.61 Å². The summed E-state index contributed by atoms with van der Waals surface area (Å²) in [6.45, 7) is 3.66. The molecule has 0 aliphatic rings. The van der Waals surface area contributed by atoms with Crippen molar-refractivity contribution in [1.82, 2.24) is 9.55 Å². The lowest BCUT2D eigenvalue weighted by Gasteiger charge is -2.04. The average Bonchev–Trinajstić information content (AvgIpc) is 2.33. The van der Waals surface area contributed by atoms with Crippen molar-refractivity contribution < 1.29 is 14.3 Å². The molecule has 6 heteroatoms. The van der Waals surface area contributed by atoms with Crippen LogP contribution >= 0.6 is 11.6 Å². The number of aryl methyl sites for hydroxylation is 1. The van der Waals surface area contributed by atoms with E-state index in [4.69, 9.17) is 16.3 Å². The number of rotatable bonds is 2. The number of aromatic nitrogens is 2. The maximum atomic E-state index is 11.0. The second-order valence-electron chi connectivity index (χ2n) is 2.62. The molecule has 0 bridgehead atoms. The highest BCUT2D eigenvalue weighted by atomic mass is 35.5. The Morgan fingerprint density at radius 3 is 2.71 bits per heavy atom. The van der Waals surface area contributed by atoms with E-state index in [-0.39, 0.29) is 11.9 Å². The lowest BCUT2D eigenvalue weighted by molar-refractivity contribution is 0.101. The van der Waals surface area contributed by atoms with Crippen LogP contribution in [0.5, 0.6) is 5.88 Å². The molecular weight excluding hydrogens is 208 g/mol. The number of nitrogens with zero attached hydrogens (tertiary/aromatic N) is 2. The third-order valence-corrected chi connectivity index (χ3v) is 1.93. The normalized spacial score (nSPS) is 10.0. The molecule has 0 radical (unpaired) electrons. The van der Waals surface area contributed by atoms with Gasteiger partial charge in [-0.2, -0.15) is 0 Å². The van der Waals surface area contributed by atoms with E-state index >= 15 is 0 Å². The van der Waals surface area contributed by atoms with Gasteiger partial charge < -0.3 is 9.47 Å². The Balaban J connectivity index is 2.81. The van der Waals surface area contributed by atoms with Crippen LogP contribution in [-0.2, 0) is 11.8 Å². The first-order valence-corrected chi connectivity index (χ1v) is 4.47. The largest absolute Gasteiger partial charge is 0.515 e. The minimum atomic E-state index is -0.754. The molecule has 0 N–H and O–H groups in total. The quantitative estimate of drug-likeness (QED) is 0.712. The van der Waals surface area contributed by atoms with Crippen LogP contribution in [0.15, 0.2) is 0 Å². The number of hydrogen-bond donors (Lipinski definition) is 0. The van der Waals surface area contributed by atoms with Gasteiger partial charge in [0.25, 0.3) is 0 Å². The Morgan fingerprint density at radius 1 is 1.64 bits per heavy atom. The van der Waals surface area contributed by atoms with Gasteiger partial charge in [0, 0.05) is 7.05 Å². The highest BCUT2D eigenvalue weighted by molar-refractivity contribution is 6.28. The standard InChI is InChI=1S/C8H11ClN2O3/c1-4-13-8(12)14-6-5(2)10-7(9)11(6)3/h4H2,1-3H3. The predicted octanol–water partition coefficient (Wildman–Crippen LogP) is 1.92. The summed E-state index contributed by atoms with van der Waals surface area (Å²) in [5, 5.41) is 0.266. The van der Waals surface area contributed by atoms with Crippen LogP contribution in [0.25, 0.3) is 0 Å². The van der Waals surface area contributed by atoms with Crippen LogP contribution in [-0.4, -0.2) is 22.3 Å². The Kier molecular flexibility index (Phi) is 3.35. The summed E-state index contributed by atoms with van der Waals surface area (Å²) in [6.07, 6.45) is -0.754. The first kappa shape index (κ1) is 10.8. The first-order chi connectivity index (χ1) is 6.56. The molecule has 1 heterocycles. The Bertz CT molecular complexity index is 349. The van der Waals surface area contributed by atoms with Crippen molar-refractivity contribution in [3.05, 3.63) is 11.0 Å². The van der Waals surface area contributed by atoms with Crippen molar-refractivity contribution >= 4 is 17.8 Å². The molecule has 78 valence electrons. The molecule has 0 aromatic carbocycles. The van der Waals surface area contributed by atoms with Crippen molar-refractivity contribution in [1.29, 1.82) is 0 Å². The molecule has 0 saturated heterocycles. The van der Waals surface area contributed by atoms with Crippen LogP contribution in [0.3, 0.4) is 0 Å². The second kappa shape index (κ2) is 4.32. The fourth-order valence-electron chi connectivity index (χ4n) is 0.956. The fourth-order valence-corrected chi connectivity index (χ4v) is 1.16. The van der Waals surface area contributed by atoms with Crippen molar-refractivity contribution in [2.24, 2.45) is 7.05 Å². The maximum Gasteiger partial charge on any atom is 0.515 e. The molecule has 0 saturated carbocycles. The second-order valence-corrected chi connectivity index (χ2v) is 2.95. The first-order valence-electron chi connectivity index (χ1n) is 4.09. The Labute approximate surface area is 86.6 Å². The van der Waals surface area contributed by atoms with Gasteiger partial charge in [0.2, 0.25) is 11.2 Å². The molecule has 0 aliphatic heterocycles. The van der Waals surface area contributed by atoms with E-state index in [1.807, 2.05) is 0 Å². The van der Waals surface area contributed by atoms with Crippen LogP contribution < -0.4 is 4.74 Å². The number of carbonyl (C=O) groups excluding carboxylic acids is 1. The summed E-state index contributed by atoms with van der Waals surface area (Å²) in [5.74, 6) is 0.299. The van der Waals surface area contributed by atoms with Gasteiger partial charge in [-0.1, -0.05) is 0 Å². The molecule has 0 aliphatic carbocycles. The van der Waals surface area contributed by atoms with E-state index in [1.165, 1.54) is 4.57 Å². The highest BCUT2D eigenvalue weighted by Crippen LogP contribution is 2.21. The number of carbonyl (C=O) groups is 1.